The highest BCUT2D eigenvalue weighted by molar-refractivity contribution is 7.09. The lowest BCUT2D eigenvalue weighted by Crippen LogP contribution is -2.38. The van der Waals surface area contributed by atoms with E-state index in [1.54, 1.807) is 23.1 Å². The maximum atomic E-state index is 12.7. The molecule has 1 aliphatic heterocycles. The second-order valence-electron chi connectivity index (χ2n) is 7.01. The molecule has 6 nitrogen and oxygen atoms in total. The SMILES string of the molecule is O=C(Nc1cccc(Cl)c1Cl)N1CCCN(c2nc(Cc3ccccc3)ns2)CC1. The van der Waals surface area contributed by atoms with Crippen LogP contribution in [0, 0.1) is 0 Å². The van der Waals surface area contributed by atoms with Crippen LogP contribution in [0.15, 0.2) is 48.5 Å². The number of amides is 2. The second kappa shape index (κ2) is 9.64. The van der Waals surface area contributed by atoms with E-state index in [0.29, 0.717) is 35.4 Å². The van der Waals surface area contributed by atoms with Crippen LogP contribution >= 0.6 is 34.7 Å². The summed E-state index contributed by atoms with van der Waals surface area (Å²) in [5, 5.41) is 4.53. The molecule has 0 radical (unpaired) electrons. The Kier molecular flexibility index (Phi) is 6.72. The predicted octanol–water partition coefficient (Wildman–Crippen LogP) is 5.18. The number of carbonyl (C=O) groups excluding carboxylic acids is 1. The molecule has 2 heterocycles. The van der Waals surface area contributed by atoms with Gasteiger partial charge in [0.25, 0.3) is 0 Å². The van der Waals surface area contributed by atoms with Crippen LogP contribution in [0.5, 0.6) is 0 Å². The Balaban J connectivity index is 1.36. The zero-order valence-corrected chi connectivity index (χ0v) is 18.6. The lowest BCUT2D eigenvalue weighted by atomic mass is 10.1. The summed E-state index contributed by atoms with van der Waals surface area (Å²) < 4.78 is 4.51. The number of benzene rings is 2. The van der Waals surface area contributed by atoms with Crippen molar-refractivity contribution in [1.82, 2.24) is 14.3 Å². The number of carbonyl (C=O) groups is 1. The summed E-state index contributed by atoms with van der Waals surface area (Å²) >= 11 is 13.6. The molecule has 0 unspecified atom stereocenters. The maximum Gasteiger partial charge on any atom is 0.321 e. The molecule has 2 amide bonds. The highest BCUT2D eigenvalue weighted by atomic mass is 35.5. The Morgan fingerprint density at radius 2 is 1.87 bits per heavy atom. The lowest BCUT2D eigenvalue weighted by molar-refractivity contribution is 0.215. The normalized spacial score (nSPS) is 14.5. The minimum atomic E-state index is -0.178. The fourth-order valence-electron chi connectivity index (χ4n) is 3.33. The van der Waals surface area contributed by atoms with Crippen molar-refractivity contribution < 1.29 is 4.79 Å². The van der Waals surface area contributed by atoms with Crippen molar-refractivity contribution in [2.24, 2.45) is 0 Å². The average molecular weight is 462 g/mol. The van der Waals surface area contributed by atoms with Gasteiger partial charge in [-0.3, -0.25) is 0 Å². The van der Waals surface area contributed by atoms with E-state index in [4.69, 9.17) is 28.2 Å². The van der Waals surface area contributed by atoms with Crippen molar-refractivity contribution in [1.29, 1.82) is 0 Å². The molecule has 0 saturated carbocycles. The van der Waals surface area contributed by atoms with Crippen molar-refractivity contribution in [3.05, 3.63) is 70.0 Å². The number of nitrogens with zero attached hydrogens (tertiary/aromatic N) is 4. The molecule has 2 aromatic carbocycles. The molecule has 0 spiro atoms. The molecule has 1 fully saturated rings. The number of hydrogen-bond donors (Lipinski definition) is 1. The quantitative estimate of drug-likeness (QED) is 0.581. The third-order valence-corrected chi connectivity index (χ3v) is 6.54. The van der Waals surface area contributed by atoms with Gasteiger partial charge in [-0.15, -0.1) is 0 Å². The second-order valence-corrected chi connectivity index (χ2v) is 8.53. The summed E-state index contributed by atoms with van der Waals surface area (Å²) in [5.74, 6) is 0.829. The van der Waals surface area contributed by atoms with Gasteiger partial charge < -0.3 is 15.1 Å². The molecule has 30 heavy (non-hydrogen) atoms. The molecule has 9 heteroatoms. The minimum Gasteiger partial charge on any atom is -0.345 e. The fourth-order valence-corrected chi connectivity index (χ4v) is 4.41. The van der Waals surface area contributed by atoms with Crippen molar-refractivity contribution in [2.75, 3.05) is 36.4 Å². The van der Waals surface area contributed by atoms with E-state index in [1.165, 1.54) is 17.1 Å². The van der Waals surface area contributed by atoms with Crippen LogP contribution in [0.2, 0.25) is 10.0 Å². The highest BCUT2D eigenvalue weighted by Crippen LogP contribution is 2.30. The average Bonchev–Trinajstić information content (AvgIpc) is 3.06. The van der Waals surface area contributed by atoms with Crippen molar-refractivity contribution in [3.63, 3.8) is 0 Å². The van der Waals surface area contributed by atoms with E-state index >= 15 is 0 Å². The predicted molar refractivity (Wildman–Crippen MR) is 123 cm³/mol. The number of hydrogen-bond acceptors (Lipinski definition) is 5. The lowest BCUT2D eigenvalue weighted by Gasteiger charge is -2.22. The fraction of sp³-hybridized carbons (Fsp3) is 0.286. The van der Waals surface area contributed by atoms with Gasteiger partial charge in [-0.1, -0.05) is 59.6 Å². The molecule has 0 bridgehead atoms. The summed E-state index contributed by atoms with van der Waals surface area (Å²) in [6, 6.07) is 15.2. The van der Waals surface area contributed by atoms with Crippen LogP contribution in [0.25, 0.3) is 0 Å². The Morgan fingerprint density at radius 1 is 1.03 bits per heavy atom. The van der Waals surface area contributed by atoms with Gasteiger partial charge in [0.1, 0.15) is 5.82 Å². The van der Waals surface area contributed by atoms with E-state index in [-0.39, 0.29) is 6.03 Å². The first-order valence-corrected chi connectivity index (χ1v) is 11.2. The molecular weight excluding hydrogens is 441 g/mol. The van der Waals surface area contributed by atoms with Crippen LogP contribution in [-0.4, -0.2) is 46.5 Å². The van der Waals surface area contributed by atoms with Crippen LogP contribution in [-0.2, 0) is 6.42 Å². The number of halogens is 2. The Hall–Kier alpha value is -2.35. The number of nitrogens with one attached hydrogen (secondary N) is 1. The first-order chi connectivity index (χ1) is 14.6. The van der Waals surface area contributed by atoms with E-state index < -0.39 is 0 Å². The zero-order chi connectivity index (χ0) is 20.9. The van der Waals surface area contributed by atoms with Crippen molar-refractivity contribution in [3.8, 4) is 0 Å². The number of urea groups is 1. The maximum absolute atomic E-state index is 12.7. The Morgan fingerprint density at radius 3 is 2.70 bits per heavy atom. The molecule has 1 saturated heterocycles. The van der Waals surface area contributed by atoms with Gasteiger partial charge in [0.15, 0.2) is 0 Å². The van der Waals surface area contributed by atoms with E-state index in [0.717, 1.165) is 30.3 Å². The molecule has 3 aromatic rings. The first kappa shape index (κ1) is 20.9. The molecule has 1 aromatic heterocycles. The van der Waals surface area contributed by atoms with E-state index in [1.807, 2.05) is 18.2 Å². The van der Waals surface area contributed by atoms with E-state index in [9.17, 15) is 4.79 Å². The largest absolute Gasteiger partial charge is 0.345 e. The molecule has 0 atom stereocenters. The highest BCUT2D eigenvalue weighted by Gasteiger charge is 2.22. The van der Waals surface area contributed by atoms with Crippen molar-refractivity contribution in [2.45, 2.75) is 12.8 Å². The third kappa shape index (κ3) is 5.03. The van der Waals surface area contributed by atoms with E-state index in [2.05, 4.69) is 26.7 Å². The summed E-state index contributed by atoms with van der Waals surface area (Å²) in [7, 11) is 0. The summed E-state index contributed by atoms with van der Waals surface area (Å²) in [5.41, 5.74) is 1.71. The smallest absolute Gasteiger partial charge is 0.321 e. The first-order valence-electron chi connectivity index (χ1n) is 9.71. The topological polar surface area (TPSA) is 61.4 Å². The van der Waals surface area contributed by atoms with Crippen LogP contribution < -0.4 is 10.2 Å². The molecule has 0 aliphatic carbocycles. The van der Waals surface area contributed by atoms with Crippen LogP contribution in [0.3, 0.4) is 0 Å². The van der Waals surface area contributed by atoms with Gasteiger partial charge >= 0.3 is 6.03 Å². The van der Waals surface area contributed by atoms with Crippen LogP contribution in [0.1, 0.15) is 17.8 Å². The van der Waals surface area contributed by atoms with Gasteiger partial charge in [-0.05, 0) is 24.1 Å². The van der Waals surface area contributed by atoms with Gasteiger partial charge in [0.05, 0.1) is 15.7 Å². The third-order valence-electron chi connectivity index (χ3n) is 4.91. The number of aromatic nitrogens is 2. The summed E-state index contributed by atoms with van der Waals surface area (Å²) in [6.07, 6.45) is 1.57. The number of rotatable bonds is 4. The minimum absolute atomic E-state index is 0.178. The van der Waals surface area contributed by atoms with Gasteiger partial charge in [-0.25, -0.2) is 9.78 Å². The standard InChI is InChI=1S/C21H21Cl2N5OS/c22-16-8-4-9-17(19(16)23)24-20(29)27-10-5-11-28(13-12-27)21-25-18(26-30-21)14-15-6-2-1-3-7-15/h1-4,6-9H,5,10-14H2,(H,24,29). The Bertz CT molecular complexity index is 1010. The monoisotopic (exact) mass is 461 g/mol. The van der Waals surface area contributed by atoms with Gasteiger partial charge in [0, 0.05) is 44.1 Å². The van der Waals surface area contributed by atoms with Gasteiger partial charge in [-0.2, -0.15) is 4.37 Å². The summed E-state index contributed by atoms with van der Waals surface area (Å²) in [4.78, 5) is 21.4. The zero-order valence-electron chi connectivity index (χ0n) is 16.2. The molecule has 1 N–H and O–H groups in total. The van der Waals surface area contributed by atoms with Crippen molar-refractivity contribution >= 4 is 51.6 Å². The number of anilines is 2. The molecule has 156 valence electrons. The summed E-state index contributed by atoms with van der Waals surface area (Å²) in [6.45, 7) is 2.80. The van der Waals surface area contributed by atoms with Gasteiger partial charge in [0.2, 0.25) is 5.13 Å². The Labute approximate surface area is 189 Å². The molecule has 1 aliphatic rings. The van der Waals surface area contributed by atoms with Crippen LogP contribution in [0.4, 0.5) is 15.6 Å². The molecule has 4 rings (SSSR count). The molecular formula is C21H21Cl2N5OS.